The molecular formula is C10H19BO6. The highest BCUT2D eigenvalue weighted by molar-refractivity contribution is 6.11. The highest BCUT2D eigenvalue weighted by atomic mass is 16.6. The van der Waals surface area contributed by atoms with Crippen LogP contribution in [0.25, 0.3) is 0 Å². The summed E-state index contributed by atoms with van der Waals surface area (Å²) < 4.78 is 20.6. The van der Waals surface area contributed by atoms with E-state index in [4.69, 9.17) is 31.9 Å². The van der Waals surface area contributed by atoms with Crippen molar-refractivity contribution in [2.75, 3.05) is 34.0 Å². The van der Waals surface area contributed by atoms with Gasteiger partial charge in [-0.2, -0.15) is 0 Å². The smallest absolute Gasteiger partial charge is 0.112 e. The molecule has 0 amide bonds. The average Bonchev–Trinajstić information content (AvgIpc) is 2.60. The maximum Gasteiger partial charge on any atom is 0.112 e. The van der Waals surface area contributed by atoms with Gasteiger partial charge in [-0.1, -0.05) is 0 Å². The molecule has 2 radical (unpaired) electrons. The van der Waals surface area contributed by atoms with E-state index in [-0.39, 0.29) is 19.3 Å². The van der Waals surface area contributed by atoms with Crippen molar-refractivity contribution in [1.82, 2.24) is 0 Å². The Kier molecular flexibility index (Phi) is 6.39. The number of hydrogen-bond donors (Lipinski definition) is 2. The number of ether oxygens (including phenoxy) is 4. The Hall–Kier alpha value is -0.175. The van der Waals surface area contributed by atoms with E-state index in [0.29, 0.717) is 6.61 Å². The molecule has 1 fully saturated rings. The van der Waals surface area contributed by atoms with Gasteiger partial charge in [0.15, 0.2) is 0 Å². The van der Waals surface area contributed by atoms with E-state index in [1.165, 1.54) is 0 Å². The second-order valence-electron chi connectivity index (χ2n) is 3.92. The topological polar surface area (TPSA) is 77.4 Å². The molecule has 0 aromatic heterocycles. The molecule has 2 N–H and O–H groups in total. The SMILES string of the molecule is [B][C@@H]1O[C@H](CO)C(O)C1OC[C@H](COC)OC. The lowest BCUT2D eigenvalue weighted by Crippen LogP contribution is -2.39. The van der Waals surface area contributed by atoms with Gasteiger partial charge in [0.2, 0.25) is 0 Å². The molecule has 1 saturated heterocycles. The number of aliphatic hydroxyl groups excluding tert-OH is 2. The first-order chi connectivity index (χ1) is 8.13. The van der Waals surface area contributed by atoms with Crippen molar-refractivity contribution in [2.24, 2.45) is 0 Å². The molecule has 7 heteroatoms. The van der Waals surface area contributed by atoms with Gasteiger partial charge in [-0.25, -0.2) is 0 Å². The Morgan fingerprint density at radius 3 is 2.53 bits per heavy atom. The fourth-order valence-corrected chi connectivity index (χ4v) is 1.70. The maximum absolute atomic E-state index is 9.77. The van der Waals surface area contributed by atoms with Gasteiger partial charge in [0.05, 0.1) is 19.8 Å². The molecule has 6 nitrogen and oxygen atoms in total. The normalized spacial score (nSPS) is 35.1. The van der Waals surface area contributed by atoms with Crippen LogP contribution < -0.4 is 0 Å². The lowest BCUT2D eigenvalue weighted by atomic mass is 9.93. The molecule has 0 spiro atoms. The first kappa shape index (κ1) is 14.9. The van der Waals surface area contributed by atoms with Crippen LogP contribution in [0.5, 0.6) is 0 Å². The average molecular weight is 246 g/mol. The Labute approximate surface area is 102 Å². The molecule has 0 saturated carbocycles. The van der Waals surface area contributed by atoms with E-state index in [9.17, 15) is 5.11 Å². The molecule has 1 aliphatic heterocycles. The van der Waals surface area contributed by atoms with E-state index in [0.717, 1.165) is 0 Å². The maximum atomic E-state index is 9.77. The van der Waals surface area contributed by atoms with Crippen LogP contribution in [0, 0.1) is 0 Å². The molecule has 2 unspecified atom stereocenters. The standard InChI is InChI=1S/C10H19BO6/c1-14-4-6(15-2)5-16-9-8(13)7(3-12)17-10(9)11/h6-10,12-13H,3-5H2,1-2H3/t6-,7+,8?,9?,10+/m0/s1. The molecule has 1 aliphatic rings. The highest BCUT2D eigenvalue weighted by Crippen LogP contribution is 2.22. The zero-order valence-corrected chi connectivity index (χ0v) is 10.1. The zero-order valence-electron chi connectivity index (χ0n) is 10.1. The Morgan fingerprint density at radius 1 is 1.35 bits per heavy atom. The second-order valence-corrected chi connectivity index (χ2v) is 3.92. The third-order valence-corrected chi connectivity index (χ3v) is 2.71. The zero-order chi connectivity index (χ0) is 12.8. The number of aliphatic hydroxyl groups is 2. The summed E-state index contributed by atoms with van der Waals surface area (Å²) in [4.78, 5) is 0. The van der Waals surface area contributed by atoms with E-state index in [1.807, 2.05) is 0 Å². The molecule has 0 bridgehead atoms. The fraction of sp³-hybridized carbons (Fsp3) is 1.00. The summed E-state index contributed by atoms with van der Waals surface area (Å²) in [6.07, 6.45) is -2.53. The van der Waals surface area contributed by atoms with Gasteiger partial charge in [0.1, 0.15) is 32.3 Å². The third kappa shape index (κ3) is 3.91. The number of methoxy groups -OCH3 is 2. The largest absolute Gasteiger partial charge is 0.394 e. The molecule has 98 valence electrons. The molecule has 0 aromatic rings. The number of rotatable bonds is 7. The minimum atomic E-state index is -0.935. The van der Waals surface area contributed by atoms with E-state index in [2.05, 4.69) is 0 Å². The van der Waals surface area contributed by atoms with Crippen molar-refractivity contribution < 1.29 is 29.2 Å². The van der Waals surface area contributed by atoms with Gasteiger partial charge in [-0.15, -0.1) is 0 Å². The molecule has 5 atom stereocenters. The molecule has 0 aromatic carbocycles. The van der Waals surface area contributed by atoms with Crippen LogP contribution in [0.15, 0.2) is 0 Å². The lowest BCUT2D eigenvalue weighted by Gasteiger charge is -2.22. The van der Waals surface area contributed by atoms with Gasteiger partial charge in [0.25, 0.3) is 0 Å². The summed E-state index contributed by atoms with van der Waals surface area (Å²) in [5.41, 5.74) is 0. The predicted octanol–water partition coefficient (Wildman–Crippen LogP) is -1.72. The van der Waals surface area contributed by atoms with Crippen molar-refractivity contribution in [3.05, 3.63) is 0 Å². The molecule has 17 heavy (non-hydrogen) atoms. The first-order valence-electron chi connectivity index (χ1n) is 5.47. The monoisotopic (exact) mass is 246 g/mol. The molecule has 1 rings (SSSR count). The second kappa shape index (κ2) is 7.30. The number of hydrogen-bond acceptors (Lipinski definition) is 6. The van der Waals surface area contributed by atoms with Gasteiger partial charge in [0, 0.05) is 20.2 Å². The summed E-state index contributed by atoms with van der Waals surface area (Å²) in [6, 6.07) is -0.748. The Bertz CT molecular complexity index is 217. The van der Waals surface area contributed by atoms with Crippen LogP contribution in [0.1, 0.15) is 0 Å². The van der Waals surface area contributed by atoms with Crippen molar-refractivity contribution in [3.8, 4) is 0 Å². The highest BCUT2D eigenvalue weighted by Gasteiger charge is 2.41. The van der Waals surface area contributed by atoms with Gasteiger partial charge in [-0.3, -0.25) is 0 Å². The predicted molar refractivity (Wildman–Crippen MR) is 59.9 cm³/mol. The van der Waals surface area contributed by atoms with E-state index < -0.39 is 24.3 Å². The Balaban J connectivity index is 2.40. The minimum absolute atomic E-state index is 0.229. The van der Waals surface area contributed by atoms with Crippen LogP contribution in [0.4, 0.5) is 0 Å². The minimum Gasteiger partial charge on any atom is -0.394 e. The van der Waals surface area contributed by atoms with E-state index in [1.54, 1.807) is 14.2 Å². The molecular weight excluding hydrogens is 227 g/mol. The van der Waals surface area contributed by atoms with Crippen LogP contribution in [0.3, 0.4) is 0 Å². The van der Waals surface area contributed by atoms with Crippen molar-refractivity contribution in [2.45, 2.75) is 30.4 Å². The fourth-order valence-electron chi connectivity index (χ4n) is 1.70. The van der Waals surface area contributed by atoms with Crippen LogP contribution >= 0.6 is 0 Å². The summed E-state index contributed by atoms with van der Waals surface area (Å²) in [6.45, 7) is 0.334. The van der Waals surface area contributed by atoms with Gasteiger partial charge in [-0.05, 0) is 0 Å². The van der Waals surface area contributed by atoms with Crippen LogP contribution in [-0.4, -0.2) is 82.5 Å². The summed E-state index contributed by atoms with van der Waals surface area (Å²) in [7, 11) is 8.76. The van der Waals surface area contributed by atoms with Crippen molar-refractivity contribution in [1.29, 1.82) is 0 Å². The van der Waals surface area contributed by atoms with E-state index >= 15 is 0 Å². The molecule has 1 heterocycles. The van der Waals surface area contributed by atoms with Crippen LogP contribution in [0.2, 0.25) is 0 Å². The van der Waals surface area contributed by atoms with Crippen molar-refractivity contribution >= 4 is 7.85 Å². The summed E-state index contributed by atoms with van der Waals surface area (Å²) >= 11 is 0. The third-order valence-electron chi connectivity index (χ3n) is 2.71. The van der Waals surface area contributed by atoms with Gasteiger partial charge >= 0.3 is 0 Å². The summed E-state index contributed by atoms with van der Waals surface area (Å²) in [5, 5.41) is 18.7. The van der Waals surface area contributed by atoms with Gasteiger partial charge < -0.3 is 29.2 Å². The quantitative estimate of drug-likeness (QED) is 0.520. The molecule has 0 aliphatic carbocycles. The summed E-state index contributed by atoms with van der Waals surface area (Å²) in [5.74, 6) is 0. The lowest BCUT2D eigenvalue weighted by molar-refractivity contribution is -0.0811. The van der Waals surface area contributed by atoms with Crippen molar-refractivity contribution in [3.63, 3.8) is 0 Å². The van der Waals surface area contributed by atoms with Crippen LogP contribution in [-0.2, 0) is 18.9 Å². The Morgan fingerprint density at radius 2 is 2.06 bits per heavy atom. The first-order valence-corrected chi connectivity index (χ1v) is 5.47.